The van der Waals surface area contributed by atoms with E-state index in [2.05, 4.69) is 34.7 Å². The van der Waals surface area contributed by atoms with E-state index in [9.17, 15) is 4.79 Å². The first kappa shape index (κ1) is 27.6. The molecule has 0 bridgehead atoms. The van der Waals surface area contributed by atoms with E-state index in [1.54, 1.807) is 0 Å². The molecule has 0 aromatic carbocycles. The van der Waals surface area contributed by atoms with Crippen molar-refractivity contribution in [3.05, 3.63) is 28.7 Å². The summed E-state index contributed by atoms with van der Waals surface area (Å²) >= 11 is 0. The van der Waals surface area contributed by atoms with Crippen LogP contribution in [0.25, 0.3) is 12.2 Å². The highest BCUT2D eigenvalue weighted by Gasteiger charge is 2.59. The Labute approximate surface area is 192 Å². The van der Waals surface area contributed by atoms with Crippen LogP contribution < -0.4 is 10.6 Å². The van der Waals surface area contributed by atoms with Crippen LogP contribution in [0.5, 0.6) is 0 Å². The lowest BCUT2D eigenvalue weighted by atomic mass is 10.1. The second-order valence-corrected chi connectivity index (χ2v) is 7.90. The third-order valence-electron chi connectivity index (χ3n) is 5.80. The molecule has 180 valence electrons. The van der Waals surface area contributed by atoms with Gasteiger partial charge < -0.3 is 25.4 Å². The van der Waals surface area contributed by atoms with Crippen LogP contribution in [0.2, 0.25) is 0 Å². The van der Waals surface area contributed by atoms with Crippen molar-refractivity contribution in [1.29, 1.82) is 0 Å². The van der Waals surface area contributed by atoms with Gasteiger partial charge in [0.1, 0.15) is 6.29 Å². The highest BCUT2D eigenvalue weighted by Crippen LogP contribution is 2.45. The molecule has 4 N–H and O–H groups in total. The number of aliphatic hydroxyl groups is 1. The standard InChI is InChI=1S/C21H33N5O.C2H4O.CH4O/c1-5-8-10-22-15(4)13-16-17(9-6-2)24-25-19(16)20(27)26-12-11-23-21(7-3)14-18(21)26;1-2-3;1-2/h6,9,13,18,22-23H,5,7-8,10-12,14H2,1-4H3,(H,24,25);2H,1H3;2H,1H3/b9-6-,15-13+;;. The molecule has 1 saturated heterocycles. The molecule has 2 atom stereocenters. The van der Waals surface area contributed by atoms with E-state index in [1.807, 2.05) is 37.0 Å². The Morgan fingerprint density at radius 3 is 2.62 bits per heavy atom. The molecular weight excluding hydrogens is 406 g/mol. The van der Waals surface area contributed by atoms with E-state index in [0.29, 0.717) is 11.7 Å². The maximum Gasteiger partial charge on any atom is 0.275 e. The Balaban J connectivity index is 0.000000944. The summed E-state index contributed by atoms with van der Waals surface area (Å²) in [5.41, 5.74) is 3.47. The molecular formula is C24H41N5O3. The van der Waals surface area contributed by atoms with E-state index in [1.165, 1.54) is 6.92 Å². The number of unbranched alkanes of at least 4 members (excludes halogenated alkanes) is 1. The Bertz CT molecular complexity index is 787. The number of fused-ring (bicyclic) bond motifs is 1. The Morgan fingerprint density at radius 2 is 2.03 bits per heavy atom. The number of hydrogen-bond acceptors (Lipinski definition) is 6. The molecule has 1 aliphatic heterocycles. The normalized spacial score (nSPS) is 21.7. The van der Waals surface area contributed by atoms with E-state index in [4.69, 9.17) is 9.90 Å². The average Bonchev–Trinajstić information content (AvgIpc) is 3.44. The number of aldehydes is 1. The third kappa shape index (κ3) is 6.77. The zero-order chi connectivity index (χ0) is 24.1. The number of allylic oxidation sites excluding steroid dienone is 2. The number of aliphatic hydroxyl groups excluding tert-OH is 1. The molecule has 1 amide bonds. The van der Waals surface area contributed by atoms with Gasteiger partial charge in [-0.05, 0) is 52.2 Å². The van der Waals surface area contributed by atoms with Gasteiger partial charge in [0, 0.05) is 43.5 Å². The summed E-state index contributed by atoms with van der Waals surface area (Å²) in [6.45, 7) is 12.4. The van der Waals surface area contributed by atoms with Crippen LogP contribution in [0, 0.1) is 0 Å². The Kier molecular flexibility index (Phi) is 11.9. The number of aromatic nitrogens is 2. The van der Waals surface area contributed by atoms with Crippen LogP contribution in [-0.4, -0.2) is 70.7 Å². The van der Waals surface area contributed by atoms with E-state index < -0.39 is 0 Å². The predicted octanol–water partition coefficient (Wildman–Crippen LogP) is 2.97. The van der Waals surface area contributed by atoms with Crippen LogP contribution in [0.4, 0.5) is 0 Å². The van der Waals surface area contributed by atoms with Crippen LogP contribution in [0.15, 0.2) is 11.8 Å². The number of carbonyl (C=O) groups excluding carboxylic acids is 2. The summed E-state index contributed by atoms with van der Waals surface area (Å²) in [6, 6.07) is 0.297. The fourth-order valence-corrected chi connectivity index (χ4v) is 4.05. The molecule has 8 heteroatoms. The molecule has 8 nitrogen and oxygen atoms in total. The number of hydrogen-bond donors (Lipinski definition) is 4. The summed E-state index contributed by atoms with van der Waals surface area (Å²) in [7, 11) is 1.00. The summed E-state index contributed by atoms with van der Waals surface area (Å²) in [6.07, 6.45) is 11.1. The molecule has 0 radical (unpaired) electrons. The monoisotopic (exact) mass is 447 g/mol. The van der Waals surface area contributed by atoms with Crippen molar-refractivity contribution in [1.82, 2.24) is 25.7 Å². The van der Waals surface area contributed by atoms with Gasteiger partial charge in [-0.3, -0.25) is 9.89 Å². The lowest BCUT2D eigenvalue weighted by molar-refractivity contribution is -0.106. The van der Waals surface area contributed by atoms with Crippen LogP contribution in [0.1, 0.15) is 82.0 Å². The number of amides is 1. The van der Waals surface area contributed by atoms with E-state index >= 15 is 0 Å². The fraction of sp³-hybridized carbons (Fsp3) is 0.625. The van der Waals surface area contributed by atoms with Crippen molar-refractivity contribution in [2.75, 3.05) is 26.7 Å². The SMILES string of the molecule is C/C=C\c1[nH]nc(C(=O)N2CCNC3(CC)CC23)c1/C=C(\C)NCCCC.CC=O.CO. The maximum atomic E-state index is 13.3. The highest BCUT2D eigenvalue weighted by atomic mass is 16.2. The van der Waals surface area contributed by atoms with Crippen LogP contribution in [0.3, 0.4) is 0 Å². The number of carbonyl (C=O) groups is 2. The first-order valence-corrected chi connectivity index (χ1v) is 11.5. The average molecular weight is 448 g/mol. The minimum atomic E-state index is 0.0384. The quantitative estimate of drug-likeness (QED) is 0.360. The Hall–Kier alpha value is -2.45. The van der Waals surface area contributed by atoms with Crippen molar-refractivity contribution >= 4 is 24.3 Å². The minimum Gasteiger partial charge on any atom is -0.400 e. The number of nitrogens with zero attached hydrogens (tertiary/aromatic N) is 2. The number of rotatable bonds is 8. The smallest absolute Gasteiger partial charge is 0.275 e. The molecule has 3 rings (SSSR count). The highest BCUT2D eigenvalue weighted by molar-refractivity contribution is 5.97. The maximum absolute atomic E-state index is 13.3. The zero-order valence-corrected chi connectivity index (χ0v) is 20.5. The summed E-state index contributed by atoms with van der Waals surface area (Å²) in [5, 5.41) is 21.5. The first-order chi connectivity index (χ1) is 15.5. The minimum absolute atomic E-state index is 0.0384. The summed E-state index contributed by atoms with van der Waals surface area (Å²) in [4.78, 5) is 24.1. The van der Waals surface area contributed by atoms with Gasteiger partial charge in [0.15, 0.2) is 5.69 Å². The Morgan fingerprint density at radius 1 is 1.34 bits per heavy atom. The van der Waals surface area contributed by atoms with Crippen molar-refractivity contribution in [2.45, 2.75) is 71.9 Å². The molecule has 1 aromatic heterocycles. The van der Waals surface area contributed by atoms with Crippen molar-refractivity contribution in [3.63, 3.8) is 0 Å². The second kappa shape index (κ2) is 13.9. The molecule has 2 aliphatic rings. The van der Waals surface area contributed by atoms with Gasteiger partial charge in [-0.25, -0.2) is 0 Å². The lowest BCUT2D eigenvalue weighted by Crippen LogP contribution is -2.52. The summed E-state index contributed by atoms with van der Waals surface area (Å²) < 4.78 is 0. The summed E-state index contributed by atoms with van der Waals surface area (Å²) in [5.74, 6) is 0.0384. The zero-order valence-electron chi connectivity index (χ0n) is 20.5. The van der Waals surface area contributed by atoms with Crippen molar-refractivity contribution in [2.24, 2.45) is 0 Å². The molecule has 2 fully saturated rings. The molecule has 2 unspecified atom stereocenters. The van der Waals surface area contributed by atoms with E-state index in [-0.39, 0.29) is 11.4 Å². The molecule has 32 heavy (non-hydrogen) atoms. The second-order valence-electron chi connectivity index (χ2n) is 7.90. The van der Waals surface area contributed by atoms with Crippen molar-refractivity contribution in [3.8, 4) is 0 Å². The largest absolute Gasteiger partial charge is 0.400 e. The number of aromatic amines is 1. The van der Waals surface area contributed by atoms with Gasteiger partial charge in [-0.15, -0.1) is 0 Å². The molecule has 1 aliphatic carbocycles. The number of H-pyrrole nitrogens is 1. The van der Waals surface area contributed by atoms with Gasteiger partial charge in [0.25, 0.3) is 5.91 Å². The first-order valence-electron chi connectivity index (χ1n) is 11.5. The van der Waals surface area contributed by atoms with Gasteiger partial charge in [-0.2, -0.15) is 5.10 Å². The fourth-order valence-electron chi connectivity index (χ4n) is 4.05. The molecule has 1 saturated carbocycles. The van der Waals surface area contributed by atoms with Crippen LogP contribution in [-0.2, 0) is 4.79 Å². The molecule has 2 heterocycles. The number of nitrogens with one attached hydrogen (secondary N) is 3. The molecule has 0 spiro atoms. The topological polar surface area (TPSA) is 110 Å². The van der Waals surface area contributed by atoms with E-state index in [0.717, 1.165) is 75.7 Å². The predicted molar refractivity (Wildman–Crippen MR) is 130 cm³/mol. The third-order valence-corrected chi connectivity index (χ3v) is 5.80. The van der Waals surface area contributed by atoms with Gasteiger partial charge >= 0.3 is 0 Å². The molecule has 1 aromatic rings. The van der Waals surface area contributed by atoms with Crippen LogP contribution >= 0.6 is 0 Å². The number of piperazine rings is 1. The van der Waals surface area contributed by atoms with Gasteiger partial charge in [0.05, 0.1) is 11.7 Å². The lowest BCUT2D eigenvalue weighted by Gasteiger charge is -2.32. The van der Waals surface area contributed by atoms with Gasteiger partial charge in [0.2, 0.25) is 0 Å². The van der Waals surface area contributed by atoms with Gasteiger partial charge in [-0.1, -0.05) is 26.3 Å². The van der Waals surface area contributed by atoms with Crippen molar-refractivity contribution < 1.29 is 14.7 Å².